The van der Waals surface area contributed by atoms with E-state index in [0.29, 0.717) is 0 Å². The van der Waals surface area contributed by atoms with Gasteiger partial charge in [0, 0.05) is 0 Å². The Morgan fingerprint density at radius 3 is 2.65 bits per heavy atom. The summed E-state index contributed by atoms with van der Waals surface area (Å²) in [7, 11) is 0. The molecule has 0 aliphatic heterocycles. The van der Waals surface area contributed by atoms with Crippen LogP contribution in [0, 0.1) is 13.8 Å². The molecule has 1 unspecified atom stereocenters. The molecule has 1 aromatic carbocycles. The largest absolute Gasteiger partial charge is 0.388 e. The Morgan fingerprint density at radius 2 is 2.00 bits per heavy atom. The van der Waals surface area contributed by atoms with Gasteiger partial charge in [0.2, 0.25) is 0 Å². The maximum Gasteiger partial charge on any atom is 0.0793 e. The molecule has 90 valence electrons. The van der Waals surface area contributed by atoms with Gasteiger partial charge in [0.1, 0.15) is 0 Å². The Kier molecular flexibility index (Phi) is 3.97. The van der Waals surface area contributed by atoms with Crippen molar-refractivity contribution in [2.75, 3.05) is 0 Å². The molecule has 1 heterocycles. The molecular formula is C15H18OS. The molecule has 0 aliphatic carbocycles. The van der Waals surface area contributed by atoms with E-state index in [-0.39, 0.29) is 6.10 Å². The highest BCUT2D eigenvalue weighted by atomic mass is 32.1. The van der Waals surface area contributed by atoms with Gasteiger partial charge in [-0.1, -0.05) is 18.2 Å². The number of hydrogen-bond acceptors (Lipinski definition) is 2. The van der Waals surface area contributed by atoms with Crippen LogP contribution in [-0.4, -0.2) is 5.11 Å². The van der Waals surface area contributed by atoms with Gasteiger partial charge in [0.05, 0.1) is 6.10 Å². The maximum absolute atomic E-state index is 10.1. The lowest BCUT2D eigenvalue weighted by atomic mass is 9.99. The fourth-order valence-electron chi connectivity index (χ4n) is 1.88. The highest BCUT2D eigenvalue weighted by Gasteiger charge is 2.08. The van der Waals surface area contributed by atoms with Gasteiger partial charge in [-0.2, -0.15) is 11.3 Å². The Balaban J connectivity index is 1.99. The number of aryl methyl sites for hydroxylation is 3. The molecule has 2 heteroatoms. The minimum Gasteiger partial charge on any atom is -0.388 e. The van der Waals surface area contributed by atoms with Crippen LogP contribution < -0.4 is 0 Å². The number of aliphatic hydroxyl groups excluding tert-OH is 1. The zero-order chi connectivity index (χ0) is 12.3. The van der Waals surface area contributed by atoms with Crippen molar-refractivity contribution in [3.05, 3.63) is 57.3 Å². The smallest absolute Gasteiger partial charge is 0.0793 e. The molecule has 1 aromatic heterocycles. The van der Waals surface area contributed by atoms with Crippen LogP contribution >= 0.6 is 11.3 Å². The van der Waals surface area contributed by atoms with E-state index in [0.717, 1.165) is 18.4 Å². The van der Waals surface area contributed by atoms with Crippen molar-refractivity contribution in [2.45, 2.75) is 32.8 Å². The molecule has 1 nitrogen and oxygen atoms in total. The van der Waals surface area contributed by atoms with E-state index >= 15 is 0 Å². The van der Waals surface area contributed by atoms with Crippen LogP contribution in [0.4, 0.5) is 0 Å². The van der Waals surface area contributed by atoms with Gasteiger partial charge < -0.3 is 5.11 Å². The zero-order valence-corrected chi connectivity index (χ0v) is 11.1. The number of hydrogen-bond donors (Lipinski definition) is 1. The van der Waals surface area contributed by atoms with E-state index in [9.17, 15) is 5.11 Å². The van der Waals surface area contributed by atoms with E-state index in [1.807, 2.05) is 6.07 Å². The Morgan fingerprint density at radius 1 is 1.18 bits per heavy atom. The quantitative estimate of drug-likeness (QED) is 0.863. The van der Waals surface area contributed by atoms with E-state index in [1.54, 1.807) is 11.3 Å². The summed E-state index contributed by atoms with van der Waals surface area (Å²) >= 11 is 1.71. The van der Waals surface area contributed by atoms with Crippen LogP contribution in [0.2, 0.25) is 0 Å². The van der Waals surface area contributed by atoms with Crippen molar-refractivity contribution in [3.8, 4) is 0 Å². The van der Waals surface area contributed by atoms with Crippen molar-refractivity contribution in [1.82, 2.24) is 0 Å². The summed E-state index contributed by atoms with van der Waals surface area (Å²) in [5.74, 6) is 0. The highest BCUT2D eigenvalue weighted by Crippen LogP contribution is 2.22. The summed E-state index contributed by atoms with van der Waals surface area (Å²) in [4.78, 5) is 0. The van der Waals surface area contributed by atoms with Crippen molar-refractivity contribution in [1.29, 1.82) is 0 Å². The molecule has 0 radical (unpaired) electrons. The van der Waals surface area contributed by atoms with Gasteiger partial charge in [0.15, 0.2) is 0 Å². The van der Waals surface area contributed by atoms with Gasteiger partial charge in [0.25, 0.3) is 0 Å². The van der Waals surface area contributed by atoms with Crippen LogP contribution in [0.3, 0.4) is 0 Å². The average Bonchev–Trinajstić information content (AvgIpc) is 2.82. The number of benzene rings is 1. The topological polar surface area (TPSA) is 20.2 Å². The van der Waals surface area contributed by atoms with E-state index in [1.165, 1.54) is 16.7 Å². The van der Waals surface area contributed by atoms with E-state index in [4.69, 9.17) is 0 Å². The molecule has 0 spiro atoms. The molecule has 0 saturated heterocycles. The normalized spacial score (nSPS) is 12.6. The number of aliphatic hydroxyl groups is 1. The summed E-state index contributed by atoms with van der Waals surface area (Å²) < 4.78 is 0. The van der Waals surface area contributed by atoms with E-state index in [2.05, 4.69) is 42.8 Å². The minimum atomic E-state index is -0.353. The molecule has 1 N–H and O–H groups in total. The average molecular weight is 246 g/mol. The SMILES string of the molecule is Cc1ccc(C(O)CCc2ccsc2)cc1C. The van der Waals surface area contributed by atoms with Crippen LogP contribution in [0.15, 0.2) is 35.0 Å². The molecule has 2 aromatic rings. The molecule has 1 atom stereocenters. The number of rotatable bonds is 4. The molecule has 0 saturated carbocycles. The van der Waals surface area contributed by atoms with Crippen LogP contribution in [0.5, 0.6) is 0 Å². The second-order valence-electron chi connectivity index (χ2n) is 4.53. The Labute approximate surface area is 107 Å². The minimum absolute atomic E-state index is 0.353. The first-order valence-corrected chi connectivity index (χ1v) is 6.87. The Bertz CT molecular complexity index is 474. The Hall–Kier alpha value is -1.12. The monoisotopic (exact) mass is 246 g/mol. The summed E-state index contributed by atoms with van der Waals surface area (Å²) in [6.45, 7) is 4.18. The van der Waals surface area contributed by atoms with Crippen molar-refractivity contribution >= 4 is 11.3 Å². The fourth-order valence-corrected chi connectivity index (χ4v) is 2.58. The second kappa shape index (κ2) is 5.48. The number of thiophene rings is 1. The third kappa shape index (κ3) is 3.18. The van der Waals surface area contributed by atoms with Crippen molar-refractivity contribution in [3.63, 3.8) is 0 Å². The second-order valence-corrected chi connectivity index (χ2v) is 5.31. The third-order valence-electron chi connectivity index (χ3n) is 3.20. The maximum atomic E-state index is 10.1. The lowest BCUT2D eigenvalue weighted by molar-refractivity contribution is 0.168. The fraction of sp³-hybridized carbons (Fsp3) is 0.333. The third-order valence-corrected chi connectivity index (χ3v) is 3.93. The predicted octanol–water partition coefficient (Wildman–Crippen LogP) is 4.03. The van der Waals surface area contributed by atoms with Crippen LogP contribution in [0.1, 0.15) is 34.8 Å². The van der Waals surface area contributed by atoms with Crippen molar-refractivity contribution < 1.29 is 5.11 Å². The predicted molar refractivity (Wildman–Crippen MR) is 73.5 cm³/mol. The van der Waals surface area contributed by atoms with Crippen LogP contribution in [-0.2, 0) is 6.42 Å². The van der Waals surface area contributed by atoms with Gasteiger partial charge in [-0.25, -0.2) is 0 Å². The van der Waals surface area contributed by atoms with Gasteiger partial charge in [-0.3, -0.25) is 0 Å². The first kappa shape index (κ1) is 12.3. The molecule has 0 fully saturated rings. The molecule has 0 bridgehead atoms. The van der Waals surface area contributed by atoms with Crippen molar-refractivity contribution in [2.24, 2.45) is 0 Å². The van der Waals surface area contributed by atoms with Gasteiger partial charge in [-0.15, -0.1) is 0 Å². The standard InChI is InChI=1S/C15H18OS/c1-11-3-5-14(9-12(11)2)15(16)6-4-13-7-8-17-10-13/h3,5,7-10,15-16H,4,6H2,1-2H3. The summed E-state index contributed by atoms with van der Waals surface area (Å²) in [5, 5.41) is 14.4. The molecule has 0 amide bonds. The highest BCUT2D eigenvalue weighted by molar-refractivity contribution is 7.07. The lowest BCUT2D eigenvalue weighted by Gasteiger charge is -2.12. The zero-order valence-electron chi connectivity index (χ0n) is 10.3. The molecule has 0 aliphatic rings. The van der Waals surface area contributed by atoms with E-state index < -0.39 is 0 Å². The van der Waals surface area contributed by atoms with Gasteiger partial charge >= 0.3 is 0 Å². The molecule has 17 heavy (non-hydrogen) atoms. The summed E-state index contributed by atoms with van der Waals surface area (Å²) in [6, 6.07) is 8.32. The molecule has 2 rings (SSSR count). The lowest BCUT2D eigenvalue weighted by Crippen LogP contribution is -2.00. The van der Waals surface area contributed by atoms with Crippen LogP contribution in [0.25, 0.3) is 0 Å². The van der Waals surface area contributed by atoms with Gasteiger partial charge in [-0.05, 0) is 65.8 Å². The first-order chi connectivity index (χ1) is 8.16. The summed E-state index contributed by atoms with van der Waals surface area (Å²) in [6.07, 6.45) is 1.38. The summed E-state index contributed by atoms with van der Waals surface area (Å²) in [5.41, 5.74) is 4.87. The molecular weight excluding hydrogens is 228 g/mol. The first-order valence-electron chi connectivity index (χ1n) is 5.93.